The van der Waals surface area contributed by atoms with Gasteiger partial charge in [-0.05, 0) is 18.6 Å². The van der Waals surface area contributed by atoms with Crippen LogP contribution < -0.4 is 10.6 Å². The number of halogens is 1. The molecule has 6 heteroatoms. The Bertz CT molecular complexity index is 331. The van der Waals surface area contributed by atoms with Crippen LogP contribution in [0.2, 0.25) is 0 Å². The number of aliphatic hydroxyl groups is 1. The van der Waals surface area contributed by atoms with Gasteiger partial charge < -0.3 is 15.7 Å². The van der Waals surface area contributed by atoms with E-state index >= 15 is 0 Å². The van der Waals surface area contributed by atoms with Gasteiger partial charge in [0.25, 0.3) is 0 Å². The molecule has 5 nitrogen and oxygen atoms in total. The number of anilines is 2. The smallest absolute Gasteiger partial charge is 0.151 e. The third-order valence-electron chi connectivity index (χ3n) is 2.50. The predicted octanol–water partition coefficient (Wildman–Crippen LogP) is -0.0321. The Balaban J connectivity index is 2.08. The molecule has 1 aromatic rings. The molecule has 1 aliphatic heterocycles. The summed E-state index contributed by atoms with van der Waals surface area (Å²) in [6, 6.07) is 3.33. The third kappa shape index (κ3) is 2.15. The lowest BCUT2D eigenvalue weighted by atomic mass is 10.1. The van der Waals surface area contributed by atoms with Crippen molar-refractivity contribution in [1.29, 1.82) is 0 Å². The summed E-state index contributed by atoms with van der Waals surface area (Å²) in [5, 5.41) is 16.8. The van der Waals surface area contributed by atoms with Gasteiger partial charge in [0.15, 0.2) is 5.82 Å². The summed E-state index contributed by atoms with van der Waals surface area (Å²) in [6.07, 6.45) is -1.67. The average molecular weight is 212 g/mol. The van der Waals surface area contributed by atoms with Crippen LogP contribution in [0.4, 0.5) is 16.0 Å². The average Bonchev–Trinajstić information content (AvgIpc) is 2.23. The number of hydrogen-bond donors (Lipinski definition) is 2. The Morgan fingerprint density at radius 1 is 1.47 bits per heavy atom. The van der Waals surface area contributed by atoms with Crippen LogP contribution in [0.3, 0.4) is 0 Å². The summed E-state index contributed by atoms with van der Waals surface area (Å²) in [7, 11) is 0. The Morgan fingerprint density at radius 3 is 2.87 bits per heavy atom. The highest BCUT2D eigenvalue weighted by atomic mass is 19.1. The van der Waals surface area contributed by atoms with E-state index in [1.165, 1.54) is 0 Å². The number of nitrogens with two attached hydrogens (primary N) is 1. The fourth-order valence-corrected chi connectivity index (χ4v) is 1.60. The molecule has 1 aliphatic rings. The highest BCUT2D eigenvalue weighted by molar-refractivity contribution is 5.41. The molecule has 0 saturated carbocycles. The summed E-state index contributed by atoms with van der Waals surface area (Å²) < 4.78 is 13.2. The second-order valence-corrected chi connectivity index (χ2v) is 3.63. The molecule has 1 saturated heterocycles. The minimum atomic E-state index is -1.22. The molecule has 0 amide bonds. The SMILES string of the molecule is Nc1ccc(N2CC[C@H](O)[C@H](F)C2)nn1. The van der Waals surface area contributed by atoms with Gasteiger partial charge in [0, 0.05) is 6.54 Å². The number of hydrogen-bond acceptors (Lipinski definition) is 5. The van der Waals surface area contributed by atoms with E-state index < -0.39 is 12.3 Å². The van der Waals surface area contributed by atoms with E-state index in [0.29, 0.717) is 24.6 Å². The van der Waals surface area contributed by atoms with Crippen molar-refractivity contribution in [1.82, 2.24) is 10.2 Å². The first kappa shape index (κ1) is 10.1. The first-order chi connectivity index (χ1) is 7.16. The minimum Gasteiger partial charge on any atom is -0.390 e. The van der Waals surface area contributed by atoms with Gasteiger partial charge in [0.05, 0.1) is 12.6 Å². The largest absolute Gasteiger partial charge is 0.390 e. The maximum atomic E-state index is 13.2. The van der Waals surface area contributed by atoms with Crippen molar-refractivity contribution in [2.45, 2.75) is 18.7 Å². The number of nitrogens with zero attached hydrogens (tertiary/aromatic N) is 3. The second-order valence-electron chi connectivity index (χ2n) is 3.63. The Hall–Kier alpha value is -1.43. The summed E-state index contributed by atoms with van der Waals surface area (Å²) in [4.78, 5) is 1.75. The summed E-state index contributed by atoms with van der Waals surface area (Å²) >= 11 is 0. The van der Waals surface area contributed by atoms with Crippen molar-refractivity contribution in [3.63, 3.8) is 0 Å². The molecule has 15 heavy (non-hydrogen) atoms. The second kappa shape index (κ2) is 3.98. The number of aromatic nitrogens is 2. The highest BCUT2D eigenvalue weighted by Crippen LogP contribution is 2.19. The zero-order valence-corrected chi connectivity index (χ0v) is 8.17. The molecule has 0 radical (unpaired) electrons. The molecule has 1 aromatic heterocycles. The number of piperidine rings is 1. The molecule has 82 valence electrons. The van der Waals surface area contributed by atoms with Gasteiger partial charge in [0.2, 0.25) is 0 Å². The molecular formula is C9H13FN4O. The lowest BCUT2D eigenvalue weighted by Crippen LogP contribution is -2.45. The van der Waals surface area contributed by atoms with Gasteiger partial charge in [-0.15, -0.1) is 10.2 Å². The topological polar surface area (TPSA) is 75.3 Å². The zero-order valence-electron chi connectivity index (χ0n) is 8.17. The number of rotatable bonds is 1. The van der Waals surface area contributed by atoms with E-state index in [0.717, 1.165) is 0 Å². The lowest BCUT2D eigenvalue weighted by molar-refractivity contribution is 0.0613. The monoisotopic (exact) mass is 212 g/mol. The van der Waals surface area contributed by atoms with Crippen molar-refractivity contribution >= 4 is 11.6 Å². The van der Waals surface area contributed by atoms with Gasteiger partial charge >= 0.3 is 0 Å². The van der Waals surface area contributed by atoms with E-state index in [4.69, 9.17) is 5.73 Å². The summed E-state index contributed by atoms with van der Waals surface area (Å²) in [5.41, 5.74) is 5.40. The molecular weight excluding hydrogens is 199 g/mol. The molecule has 2 rings (SSSR count). The normalized spacial score (nSPS) is 26.7. The van der Waals surface area contributed by atoms with Crippen LogP contribution in [0.15, 0.2) is 12.1 Å². The Morgan fingerprint density at radius 2 is 2.27 bits per heavy atom. The third-order valence-corrected chi connectivity index (χ3v) is 2.50. The maximum Gasteiger partial charge on any atom is 0.151 e. The first-order valence-corrected chi connectivity index (χ1v) is 4.83. The Kier molecular flexibility index (Phi) is 2.68. The quantitative estimate of drug-likeness (QED) is 0.683. The zero-order chi connectivity index (χ0) is 10.8. The van der Waals surface area contributed by atoms with E-state index in [1.807, 2.05) is 0 Å². The van der Waals surface area contributed by atoms with Crippen LogP contribution in [0, 0.1) is 0 Å². The molecule has 0 unspecified atom stereocenters. The van der Waals surface area contributed by atoms with Crippen molar-refractivity contribution in [2.75, 3.05) is 23.7 Å². The van der Waals surface area contributed by atoms with Crippen LogP contribution in [-0.4, -0.2) is 40.7 Å². The van der Waals surface area contributed by atoms with E-state index in [9.17, 15) is 9.50 Å². The van der Waals surface area contributed by atoms with E-state index in [-0.39, 0.29) is 6.54 Å². The highest BCUT2D eigenvalue weighted by Gasteiger charge is 2.28. The van der Waals surface area contributed by atoms with Gasteiger partial charge in [-0.1, -0.05) is 0 Å². The van der Waals surface area contributed by atoms with Gasteiger partial charge in [0.1, 0.15) is 12.0 Å². The predicted molar refractivity (Wildman–Crippen MR) is 54.2 cm³/mol. The van der Waals surface area contributed by atoms with E-state index in [1.54, 1.807) is 17.0 Å². The van der Waals surface area contributed by atoms with Gasteiger partial charge in [-0.25, -0.2) is 4.39 Å². The molecule has 2 atom stereocenters. The summed E-state index contributed by atoms with van der Waals surface area (Å²) in [5.74, 6) is 0.936. The van der Waals surface area contributed by atoms with Crippen LogP contribution in [0.25, 0.3) is 0 Å². The molecule has 2 heterocycles. The molecule has 0 aliphatic carbocycles. The van der Waals surface area contributed by atoms with Crippen LogP contribution in [0.5, 0.6) is 0 Å². The Labute approximate surface area is 86.7 Å². The molecule has 0 spiro atoms. The maximum absolute atomic E-state index is 13.2. The molecule has 3 N–H and O–H groups in total. The van der Waals surface area contributed by atoms with Gasteiger partial charge in [-0.3, -0.25) is 0 Å². The summed E-state index contributed by atoms with van der Waals surface area (Å²) in [6.45, 7) is 0.736. The molecule has 1 fully saturated rings. The minimum absolute atomic E-state index is 0.153. The molecule has 0 bridgehead atoms. The fraction of sp³-hybridized carbons (Fsp3) is 0.556. The molecule has 0 aromatic carbocycles. The van der Waals surface area contributed by atoms with E-state index in [2.05, 4.69) is 10.2 Å². The van der Waals surface area contributed by atoms with Crippen LogP contribution >= 0.6 is 0 Å². The van der Waals surface area contributed by atoms with Crippen molar-refractivity contribution < 1.29 is 9.50 Å². The number of alkyl halides is 1. The standard InChI is InChI=1S/C9H13FN4O/c10-6-5-14(4-3-7(6)15)9-2-1-8(11)12-13-9/h1-2,6-7,15H,3-5H2,(H2,11,12)/t6-,7+/m1/s1. The lowest BCUT2D eigenvalue weighted by Gasteiger charge is -2.32. The van der Waals surface area contributed by atoms with Crippen molar-refractivity contribution in [2.24, 2.45) is 0 Å². The van der Waals surface area contributed by atoms with Gasteiger partial charge in [-0.2, -0.15) is 0 Å². The number of aliphatic hydroxyl groups excluding tert-OH is 1. The van der Waals surface area contributed by atoms with Crippen molar-refractivity contribution in [3.05, 3.63) is 12.1 Å². The van der Waals surface area contributed by atoms with Crippen LogP contribution in [0.1, 0.15) is 6.42 Å². The van der Waals surface area contributed by atoms with Crippen molar-refractivity contribution in [3.8, 4) is 0 Å². The first-order valence-electron chi connectivity index (χ1n) is 4.83. The van der Waals surface area contributed by atoms with Crippen LogP contribution in [-0.2, 0) is 0 Å². The number of nitrogen functional groups attached to an aromatic ring is 1. The fourth-order valence-electron chi connectivity index (χ4n) is 1.60.